The van der Waals surface area contributed by atoms with E-state index in [0.29, 0.717) is 75.4 Å². The van der Waals surface area contributed by atoms with Crippen molar-refractivity contribution in [2.45, 2.75) is 382 Å². The van der Waals surface area contributed by atoms with Gasteiger partial charge in [-0.1, -0.05) is 108 Å². The van der Waals surface area contributed by atoms with Gasteiger partial charge in [-0.2, -0.15) is 0 Å². The summed E-state index contributed by atoms with van der Waals surface area (Å²) >= 11 is 0. The number of hydrogen-bond donors (Lipinski definition) is 8. The molecule has 7 aliphatic rings. The molecule has 4 fully saturated rings. The van der Waals surface area contributed by atoms with Crippen molar-refractivity contribution in [3.8, 4) is 0 Å². The molecular weight excluding hydrogens is 1540 g/mol. The molecule has 7 aliphatic heterocycles. The Morgan fingerprint density at radius 3 is 1.21 bits per heavy atom. The smallest absolute Gasteiger partial charge is 0.331 e. The second-order valence-electron chi connectivity index (χ2n) is 35.4. The Morgan fingerprint density at radius 1 is 0.412 bits per heavy atom. The monoisotopic (exact) mass is 1700 g/mol. The van der Waals surface area contributed by atoms with Crippen LogP contribution in [0.3, 0.4) is 0 Å². The Bertz CT molecular complexity index is 3080. The number of rotatable bonds is 24. The van der Waals surface area contributed by atoms with Gasteiger partial charge in [0.15, 0.2) is 12.6 Å². The molecule has 0 aromatic rings. The number of allylic oxidation sites excluding steroid dienone is 4. The highest BCUT2D eigenvalue weighted by Crippen LogP contribution is 2.38. The summed E-state index contributed by atoms with van der Waals surface area (Å²) in [6, 6.07) is 0. The zero-order valence-electron chi connectivity index (χ0n) is 74.7. The van der Waals surface area contributed by atoms with Crippen LogP contribution in [0, 0.1) is 41.4 Å². The van der Waals surface area contributed by atoms with Crippen molar-refractivity contribution in [2.24, 2.45) is 41.4 Å². The molecular formula is C91H154O28. The van der Waals surface area contributed by atoms with Crippen molar-refractivity contribution < 1.29 is 136 Å². The van der Waals surface area contributed by atoms with Gasteiger partial charge < -0.3 is 126 Å². The van der Waals surface area contributed by atoms with Crippen LogP contribution in [-0.2, 0) is 94.9 Å². The molecule has 0 saturated carbocycles. The van der Waals surface area contributed by atoms with Crippen molar-refractivity contribution in [1.29, 1.82) is 0 Å². The summed E-state index contributed by atoms with van der Waals surface area (Å²) in [6.45, 7) is 20.5. The van der Waals surface area contributed by atoms with E-state index >= 15 is 0 Å². The Balaban J connectivity index is 1.19. The van der Waals surface area contributed by atoms with Gasteiger partial charge in [0.05, 0.1) is 135 Å². The lowest BCUT2D eigenvalue weighted by Crippen LogP contribution is -2.56. The number of fused-ring (bicyclic) bond motifs is 4. The Kier molecular flexibility index (Phi) is 44.7. The highest BCUT2D eigenvalue weighted by Gasteiger charge is 2.47. The van der Waals surface area contributed by atoms with E-state index in [9.17, 15) is 50.4 Å². The maximum absolute atomic E-state index is 14.4. The summed E-state index contributed by atoms with van der Waals surface area (Å²) in [7, 11) is 12.5. The molecule has 0 aromatic carbocycles. The average Bonchev–Trinajstić information content (AvgIpc) is 0.824. The summed E-state index contributed by atoms with van der Waals surface area (Å²) in [6.07, 6.45) is 6.46. The standard InChI is InChI=1S/C91H154O28/c1-51-26-32-69(116-90-88(108-18)86(106-16)77(96)49-110-90)42-63-22-20-24-65(114-63)44-73(104-14)40-62(92)41-74(93)58(8)84(60(10)82(100)53(3)30-34-67-45-71(102-12)38-55(5)112-67)118-80(98)36-28-52(2)27-33-70(117-91-89(109-19)87(107-17)78(97)50-111-91)43-64-23-21-25-66(115-64)47-79(105-15)57(7)75(94)48-76(95)59(9)85(119-81(99)37-29-51)61(11)83(101)54(4)31-35-68-46-72(103-13)39-56(6)113-68/h20-23,26-29,36-37,53-79,82-97,100-101H,24-25,30-35,38-50H2,1-19H3. The van der Waals surface area contributed by atoms with E-state index in [2.05, 4.69) is 0 Å². The number of hydrogen-bond acceptors (Lipinski definition) is 28. The third kappa shape index (κ3) is 32.0. The lowest BCUT2D eigenvalue weighted by Gasteiger charge is -2.40. The van der Waals surface area contributed by atoms with Gasteiger partial charge in [-0.25, -0.2) is 9.59 Å². The molecule has 7 rings (SSSR count). The van der Waals surface area contributed by atoms with E-state index in [-0.39, 0.29) is 99.9 Å². The van der Waals surface area contributed by atoms with E-state index < -0.39 is 182 Å². The minimum atomic E-state index is -1.23. The topological polar surface area (TPSA) is 362 Å². The first-order valence-corrected chi connectivity index (χ1v) is 44.0. The quantitative estimate of drug-likeness (QED) is 0.0329. The van der Waals surface area contributed by atoms with Gasteiger partial charge in [-0.15, -0.1) is 0 Å². The Labute approximate surface area is 709 Å². The van der Waals surface area contributed by atoms with Crippen LogP contribution in [0.2, 0.25) is 0 Å². The molecule has 4 saturated heterocycles. The van der Waals surface area contributed by atoms with Crippen LogP contribution in [0.1, 0.15) is 198 Å². The van der Waals surface area contributed by atoms with Gasteiger partial charge >= 0.3 is 11.9 Å². The first-order valence-electron chi connectivity index (χ1n) is 44.0. The lowest BCUT2D eigenvalue weighted by molar-refractivity contribution is -0.293. The van der Waals surface area contributed by atoms with Crippen LogP contribution in [-0.4, -0.2) is 306 Å². The number of methoxy groups -OCH3 is 8. The van der Waals surface area contributed by atoms with E-state index in [1.54, 1.807) is 54.4 Å². The number of aliphatic hydroxyl groups excluding tert-OH is 8. The fraction of sp³-hybridized carbons (Fsp3) is 0.846. The van der Waals surface area contributed by atoms with Crippen molar-refractivity contribution in [3.05, 3.63) is 71.9 Å². The fourth-order valence-electron chi connectivity index (χ4n) is 18.5. The van der Waals surface area contributed by atoms with Crippen molar-refractivity contribution in [3.63, 3.8) is 0 Å². The molecule has 7 heterocycles. The first kappa shape index (κ1) is 102. The number of carbonyl (C=O) groups excluding carboxylic acids is 2. The number of ether oxygens (including phenoxy) is 18. The molecule has 686 valence electrons. The van der Waals surface area contributed by atoms with Crippen LogP contribution in [0.15, 0.2) is 71.9 Å². The Hall–Kier alpha value is -3.58. The molecule has 119 heavy (non-hydrogen) atoms. The number of carbonyl (C=O) groups is 2. The average molecular weight is 1700 g/mol. The summed E-state index contributed by atoms with van der Waals surface area (Å²) < 4.78 is 111. The van der Waals surface area contributed by atoms with Crippen LogP contribution < -0.4 is 0 Å². The summed E-state index contributed by atoms with van der Waals surface area (Å²) in [4.78, 5) is 28.8. The zero-order chi connectivity index (χ0) is 87.3. The van der Waals surface area contributed by atoms with Gasteiger partial charge in [0, 0.05) is 124 Å². The van der Waals surface area contributed by atoms with E-state index in [1.807, 2.05) is 98.8 Å². The van der Waals surface area contributed by atoms with E-state index in [4.69, 9.17) is 85.3 Å². The summed E-state index contributed by atoms with van der Waals surface area (Å²) in [5.74, 6) is -5.50. The maximum atomic E-state index is 14.4. The molecule has 28 heteroatoms. The third-order valence-electron chi connectivity index (χ3n) is 26.2. The largest absolute Gasteiger partial charge is 0.458 e. The molecule has 0 aromatic heterocycles. The minimum Gasteiger partial charge on any atom is -0.458 e. The molecule has 37 unspecified atom stereocenters. The summed E-state index contributed by atoms with van der Waals surface area (Å²) in [5, 5.41) is 95.0. The van der Waals surface area contributed by atoms with Crippen LogP contribution in [0.4, 0.5) is 0 Å². The van der Waals surface area contributed by atoms with Gasteiger partial charge in [0.2, 0.25) is 0 Å². The molecule has 28 nitrogen and oxygen atoms in total. The number of cyclic esters (lactones) is 2. The lowest BCUT2D eigenvalue weighted by atomic mass is 9.78. The van der Waals surface area contributed by atoms with E-state index in [1.165, 1.54) is 40.6 Å². The second-order valence-corrected chi connectivity index (χ2v) is 35.4. The van der Waals surface area contributed by atoms with Gasteiger partial charge in [0.1, 0.15) is 48.8 Å². The number of esters is 2. The maximum Gasteiger partial charge on any atom is 0.331 e. The highest BCUT2D eigenvalue weighted by atomic mass is 16.7. The highest BCUT2D eigenvalue weighted by molar-refractivity contribution is 5.83. The first-order chi connectivity index (χ1) is 56.7. The van der Waals surface area contributed by atoms with Crippen molar-refractivity contribution in [2.75, 3.05) is 70.1 Å². The molecule has 37 atom stereocenters. The third-order valence-corrected chi connectivity index (χ3v) is 26.2. The zero-order valence-corrected chi connectivity index (χ0v) is 74.7. The predicted octanol–water partition coefficient (Wildman–Crippen LogP) is 9.41. The molecule has 0 radical (unpaired) electrons. The molecule has 0 spiro atoms. The second kappa shape index (κ2) is 51.9. The molecule has 0 amide bonds. The molecule has 0 aliphatic carbocycles. The summed E-state index contributed by atoms with van der Waals surface area (Å²) in [5.41, 5.74) is 1.34. The van der Waals surface area contributed by atoms with Crippen LogP contribution >= 0.6 is 0 Å². The van der Waals surface area contributed by atoms with Gasteiger partial charge in [-0.3, -0.25) is 0 Å². The van der Waals surface area contributed by atoms with Crippen LogP contribution in [0.5, 0.6) is 0 Å². The molecule has 4 bridgehead atoms. The number of aliphatic hydroxyl groups is 8. The Morgan fingerprint density at radius 2 is 0.807 bits per heavy atom. The fourth-order valence-corrected chi connectivity index (χ4v) is 18.5. The normalized spacial score (nSPS) is 40.4. The predicted molar refractivity (Wildman–Crippen MR) is 445 cm³/mol. The van der Waals surface area contributed by atoms with Crippen LogP contribution in [0.25, 0.3) is 0 Å². The van der Waals surface area contributed by atoms with Gasteiger partial charge in [0.25, 0.3) is 0 Å². The van der Waals surface area contributed by atoms with E-state index in [0.717, 1.165) is 25.7 Å². The SMILES string of the molecule is COC1CC(C)OC(CCC(C)C(O)C(C)C2OC(=O)C=CC(C)=CCC(OC3OCC(O)C(OC)C3OC)CC3C=CCC(CC(OC)C(C)C(O)CC(O)C(C)C(C(C)C(O)C(C)CCC4CC(OC)CC(C)O4)OC(=O)C=CC(C)=CCC(OC4OCC(O)C(OC)C4OC)CC4C=CCC(CC(OC)CC(O)CC(O)C2C)O4)O3)C1. The molecule has 8 N–H and O–H groups in total. The van der Waals surface area contributed by atoms with Crippen molar-refractivity contribution >= 4 is 11.9 Å². The van der Waals surface area contributed by atoms with Gasteiger partial charge in [-0.05, 0) is 136 Å². The van der Waals surface area contributed by atoms with Crippen molar-refractivity contribution in [1.82, 2.24) is 0 Å². The minimum absolute atomic E-state index is 0.0181.